The minimum absolute atomic E-state index is 0.453. The fraction of sp³-hybridized carbons (Fsp3) is 0.400. The third-order valence-electron chi connectivity index (χ3n) is 2.07. The molecule has 0 aliphatic rings. The van der Waals surface area contributed by atoms with Crippen LogP contribution >= 0.6 is 0 Å². The van der Waals surface area contributed by atoms with E-state index in [1.165, 1.54) is 0 Å². The Kier molecular flexibility index (Phi) is 3.88. The SMILES string of the molecule is CNc1cccc(C(O)C(O)CO)c1. The van der Waals surface area contributed by atoms with Crippen molar-refractivity contribution in [2.75, 3.05) is 19.0 Å². The molecular formula is C10H15NO3. The Morgan fingerprint density at radius 3 is 2.64 bits per heavy atom. The summed E-state index contributed by atoms with van der Waals surface area (Å²) in [4.78, 5) is 0. The molecule has 0 radical (unpaired) electrons. The molecule has 0 aliphatic heterocycles. The molecule has 1 rings (SSSR count). The van der Waals surface area contributed by atoms with Crippen LogP contribution in [0.3, 0.4) is 0 Å². The average molecular weight is 197 g/mol. The fourth-order valence-electron chi connectivity index (χ4n) is 1.20. The lowest BCUT2D eigenvalue weighted by molar-refractivity contribution is -0.0152. The highest BCUT2D eigenvalue weighted by molar-refractivity contribution is 5.45. The zero-order valence-electron chi connectivity index (χ0n) is 8.01. The number of benzene rings is 1. The first-order valence-corrected chi connectivity index (χ1v) is 4.43. The molecule has 0 aliphatic carbocycles. The van der Waals surface area contributed by atoms with Gasteiger partial charge in [-0.15, -0.1) is 0 Å². The van der Waals surface area contributed by atoms with Crippen LogP contribution in [0.5, 0.6) is 0 Å². The van der Waals surface area contributed by atoms with Crippen molar-refractivity contribution < 1.29 is 15.3 Å². The van der Waals surface area contributed by atoms with E-state index in [-0.39, 0.29) is 0 Å². The van der Waals surface area contributed by atoms with Gasteiger partial charge in [-0.2, -0.15) is 0 Å². The van der Waals surface area contributed by atoms with Crippen molar-refractivity contribution >= 4 is 5.69 Å². The van der Waals surface area contributed by atoms with Crippen molar-refractivity contribution in [2.24, 2.45) is 0 Å². The second-order valence-electron chi connectivity index (χ2n) is 3.07. The zero-order valence-corrected chi connectivity index (χ0v) is 8.01. The van der Waals surface area contributed by atoms with Crippen LogP contribution in [0, 0.1) is 0 Å². The van der Waals surface area contributed by atoms with Gasteiger partial charge in [0.25, 0.3) is 0 Å². The van der Waals surface area contributed by atoms with Gasteiger partial charge in [0.1, 0.15) is 12.2 Å². The molecule has 78 valence electrons. The van der Waals surface area contributed by atoms with E-state index in [1.807, 2.05) is 6.07 Å². The first kappa shape index (κ1) is 11.0. The van der Waals surface area contributed by atoms with Crippen LogP contribution in [-0.4, -0.2) is 35.1 Å². The highest BCUT2D eigenvalue weighted by Crippen LogP contribution is 2.19. The lowest BCUT2D eigenvalue weighted by Crippen LogP contribution is -2.22. The number of anilines is 1. The standard InChI is InChI=1S/C10H15NO3/c1-11-8-4-2-3-7(5-8)10(14)9(13)6-12/h2-5,9-14H,6H2,1H3. The van der Waals surface area contributed by atoms with Crippen molar-refractivity contribution in [3.63, 3.8) is 0 Å². The lowest BCUT2D eigenvalue weighted by atomic mass is 10.0. The van der Waals surface area contributed by atoms with Crippen LogP contribution in [0.25, 0.3) is 0 Å². The molecule has 0 amide bonds. The van der Waals surface area contributed by atoms with E-state index in [2.05, 4.69) is 5.32 Å². The van der Waals surface area contributed by atoms with Gasteiger partial charge >= 0.3 is 0 Å². The summed E-state index contributed by atoms with van der Waals surface area (Å²) >= 11 is 0. The van der Waals surface area contributed by atoms with E-state index >= 15 is 0 Å². The van der Waals surface area contributed by atoms with E-state index in [0.717, 1.165) is 5.69 Å². The smallest absolute Gasteiger partial charge is 0.107 e. The van der Waals surface area contributed by atoms with E-state index in [0.29, 0.717) is 5.56 Å². The molecular weight excluding hydrogens is 182 g/mol. The van der Waals surface area contributed by atoms with Gasteiger partial charge in [-0.05, 0) is 17.7 Å². The van der Waals surface area contributed by atoms with Crippen LogP contribution in [0.4, 0.5) is 5.69 Å². The van der Waals surface area contributed by atoms with E-state index in [9.17, 15) is 10.2 Å². The third-order valence-corrected chi connectivity index (χ3v) is 2.07. The van der Waals surface area contributed by atoms with Gasteiger partial charge < -0.3 is 20.6 Å². The Morgan fingerprint density at radius 1 is 1.36 bits per heavy atom. The molecule has 1 aromatic carbocycles. The Bertz CT molecular complexity index is 290. The average Bonchev–Trinajstić information content (AvgIpc) is 2.27. The predicted molar refractivity (Wildman–Crippen MR) is 54.0 cm³/mol. The van der Waals surface area contributed by atoms with Gasteiger partial charge in [0.15, 0.2) is 0 Å². The van der Waals surface area contributed by atoms with E-state index < -0.39 is 18.8 Å². The van der Waals surface area contributed by atoms with Crippen molar-refractivity contribution in [3.05, 3.63) is 29.8 Å². The molecule has 0 fully saturated rings. The van der Waals surface area contributed by atoms with Crippen LogP contribution in [0.2, 0.25) is 0 Å². The number of nitrogens with one attached hydrogen (secondary N) is 1. The molecule has 4 heteroatoms. The number of hydrogen-bond acceptors (Lipinski definition) is 4. The van der Waals surface area contributed by atoms with Crippen molar-refractivity contribution in [1.82, 2.24) is 0 Å². The molecule has 2 atom stereocenters. The zero-order chi connectivity index (χ0) is 10.6. The molecule has 0 bridgehead atoms. The van der Waals surface area contributed by atoms with Crippen LogP contribution < -0.4 is 5.32 Å². The quantitative estimate of drug-likeness (QED) is 0.553. The fourth-order valence-corrected chi connectivity index (χ4v) is 1.20. The summed E-state index contributed by atoms with van der Waals surface area (Å²) in [5, 5.41) is 30.4. The maximum atomic E-state index is 9.57. The van der Waals surface area contributed by atoms with Gasteiger partial charge in [-0.1, -0.05) is 12.1 Å². The van der Waals surface area contributed by atoms with Crippen LogP contribution in [-0.2, 0) is 0 Å². The molecule has 4 N–H and O–H groups in total. The number of aliphatic hydroxyl groups excluding tert-OH is 3. The molecule has 14 heavy (non-hydrogen) atoms. The number of hydrogen-bond donors (Lipinski definition) is 4. The van der Waals surface area contributed by atoms with Crippen LogP contribution in [0.15, 0.2) is 24.3 Å². The Balaban J connectivity index is 2.83. The summed E-state index contributed by atoms with van der Waals surface area (Å²) in [7, 11) is 1.77. The Hall–Kier alpha value is -1.10. The monoisotopic (exact) mass is 197 g/mol. The lowest BCUT2D eigenvalue weighted by Gasteiger charge is -2.16. The summed E-state index contributed by atoms with van der Waals surface area (Å²) in [6, 6.07) is 7.05. The second kappa shape index (κ2) is 4.95. The minimum Gasteiger partial charge on any atom is -0.394 e. The third kappa shape index (κ3) is 2.45. The minimum atomic E-state index is -1.14. The van der Waals surface area contributed by atoms with Gasteiger partial charge in [0.05, 0.1) is 6.61 Å². The highest BCUT2D eigenvalue weighted by Gasteiger charge is 2.17. The maximum Gasteiger partial charge on any atom is 0.107 e. The molecule has 2 unspecified atom stereocenters. The van der Waals surface area contributed by atoms with Gasteiger partial charge in [0, 0.05) is 12.7 Å². The summed E-state index contributed by atoms with van der Waals surface area (Å²) in [5.74, 6) is 0. The number of rotatable bonds is 4. The molecule has 0 heterocycles. The Morgan fingerprint density at radius 2 is 2.07 bits per heavy atom. The summed E-state index contributed by atoms with van der Waals surface area (Å²) < 4.78 is 0. The molecule has 0 saturated heterocycles. The van der Waals surface area contributed by atoms with Gasteiger partial charge in [-0.25, -0.2) is 0 Å². The van der Waals surface area contributed by atoms with Gasteiger partial charge in [0.2, 0.25) is 0 Å². The topological polar surface area (TPSA) is 72.7 Å². The first-order valence-electron chi connectivity index (χ1n) is 4.43. The number of aliphatic hydroxyl groups is 3. The Labute approximate surface area is 82.8 Å². The molecule has 0 aromatic heterocycles. The largest absolute Gasteiger partial charge is 0.394 e. The molecule has 4 nitrogen and oxygen atoms in total. The molecule has 1 aromatic rings. The van der Waals surface area contributed by atoms with Crippen molar-refractivity contribution in [3.8, 4) is 0 Å². The van der Waals surface area contributed by atoms with E-state index in [1.54, 1.807) is 25.2 Å². The van der Waals surface area contributed by atoms with Crippen molar-refractivity contribution in [2.45, 2.75) is 12.2 Å². The maximum absolute atomic E-state index is 9.57. The summed E-state index contributed by atoms with van der Waals surface area (Å²) in [5.41, 5.74) is 1.44. The van der Waals surface area contributed by atoms with Crippen molar-refractivity contribution in [1.29, 1.82) is 0 Å². The summed E-state index contributed by atoms with van der Waals surface area (Å²) in [6.07, 6.45) is -2.18. The predicted octanol–water partition coefficient (Wildman–Crippen LogP) is 0.115. The first-order chi connectivity index (χ1) is 6.69. The molecule has 0 saturated carbocycles. The summed E-state index contributed by atoms with van der Waals surface area (Å²) in [6.45, 7) is -0.453. The van der Waals surface area contributed by atoms with E-state index in [4.69, 9.17) is 5.11 Å². The second-order valence-corrected chi connectivity index (χ2v) is 3.07. The van der Waals surface area contributed by atoms with Crippen LogP contribution in [0.1, 0.15) is 11.7 Å². The van der Waals surface area contributed by atoms with Gasteiger partial charge in [-0.3, -0.25) is 0 Å². The normalized spacial score (nSPS) is 14.9. The highest BCUT2D eigenvalue weighted by atomic mass is 16.4. The molecule has 0 spiro atoms.